The van der Waals surface area contributed by atoms with Crippen LogP contribution in [-0.4, -0.2) is 17.1 Å². The summed E-state index contributed by atoms with van der Waals surface area (Å²) in [6.45, 7) is 0.233. The van der Waals surface area contributed by atoms with E-state index in [-0.39, 0.29) is 6.61 Å². The number of benzene rings is 1. The van der Waals surface area contributed by atoms with E-state index in [0.29, 0.717) is 21.6 Å². The van der Waals surface area contributed by atoms with Crippen LogP contribution in [0.3, 0.4) is 0 Å². The van der Waals surface area contributed by atoms with E-state index in [1.807, 2.05) is 0 Å². The summed E-state index contributed by atoms with van der Waals surface area (Å²) in [5.41, 5.74) is 5.64. The highest BCUT2D eigenvalue weighted by Gasteiger charge is 2.07. The first-order valence-electron chi connectivity index (χ1n) is 5.34. The summed E-state index contributed by atoms with van der Waals surface area (Å²) in [5.74, 6) is -1.05. The first-order chi connectivity index (χ1) is 9.08. The van der Waals surface area contributed by atoms with Crippen LogP contribution in [0.4, 0.5) is 14.6 Å². The largest absolute Gasteiger partial charge is 0.384 e. The van der Waals surface area contributed by atoms with Gasteiger partial charge in [-0.1, -0.05) is 11.8 Å². The van der Waals surface area contributed by atoms with E-state index in [0.717, 1.165) is 12.1 Å². The van der Waals surface area contributed by atoms with Crippen molar-refractivity contribution in [1.82, 2.24) is 9.97 Å². The van der Waals surface area contributed by atoms with Crippen LogP contribution in [0.25, 0.3) is 0 Å². The highest BCUT2D eigenvalue weighted by molar-refractivity contribution is 7.99. The Hall–Kier alpha value is -1.73. The highest BCUT2D eigenvalue weighted by atomic mass is 32.2. The van der Waals surface area contributed by atoms with Gasteiger partial charge in [-0.2, -0.15) is 0 Å². The Kier molecular flexibility index (Phi) is 4.28. The number of anilines is 1. The Labute approximate surface area is 113 Å². The Morgan fingerprint density at radius 2 is 2.00 bits per heavy atom. The van der Waals surface area contributed by atoms with E-state index in [9.17, 15) is 8.78 Å². The summed E-state index contributed by atoms with van der Waals surface area (Å²) < 4.78 is 30.8. The van der Waals surface area contributed by atoms with Gasteiger partial charge in [-0.15, -0.1) is 0 Å². The van der Waals surface area contributed by atoms with Crippen molar-refractivity contribution in [2.24, 2.45) is 0 Å². The number of hydrogen-bond donors (Lipinski definition) is 1. The zero-order valence-electron chi connectivity index (χ0n) is 10.1. The number of halogens is 2. The molecule has 0 saturated carbocycles. The van der Waals surface area contributed by atoms with Crippen molar-refractivity contribution in [2.45, 2.75) is 16.5 Å². The van der Waals surface area contributed by atoms with Gasteiger partial charge in [0.25, 0.3) is 0 Å². The number of nitrogen functional groups attached to an aromatic ring is 1. The van der Waals surface area contributed by atoms with Crippen LogP contribution >= 0.6 is 11.8 Å². The molecule has 0 fully saturated rings. The highest BCUT2D eigenvalue weighted by Crippen LogP contribution is 2.28. The normalized spacial score (nSPS) is 10.7. The average Bonchev–Trinajstić information content (AvgIpc) is 2.33. The summed E-state index contributed by atoms with van der Waals surface area (Å²) in [5, 5.41) is 0.547. The van der Waals surface area contributed by atoms with Crippen molar-refractivity contribution < 1.29 is 13.5 Å². The Bertz CT molecular complexity index is 595. The zero-order valence-corrected chi connectivity index (χ0v) is 10.9. The van der Waals surface area contributed by atoms with E-state index < -0.39 is 11.6 Å². The number of aromatic nitrogens is 2. The van der Waals surface area contributed by atoms with Gasteiger partial charge < -0.3 is 10.5 Å². The van der Waals surface area contributed by atoms with Crippen molar-refractivity contribution >= 4 is 17.6 Å². The number of nitrogens with two attached hydrogens (primary N) is 1. The molecule has 0 unspecified atom stereocenters. The third kappa shape index (κ3) is 3.62. The van der Waals surface area contributed by atoms with E-state index in [4.69, 9.17) is 10.5 Å². The van der Waals surface area contributed by atoms with Crippen LogP contribution in [-0.2, 0) is 11.3 Å². The molecule has 1 heterocycles. The number of methoxy groups -OCH3 is 1. The SMILES string of the molecule is COCc1nc(N)cc(Sc2ccc(F)c(F)c2)n1. The third-order valence-electron chi connectivity index (χ3n) is 2.16. The predicted molar refractivity (Wildman–Crippen MR) is 67.6 cm³/mol. The summed E-state index contributed by atoms with van der Waals surface area (Å²) in [4.78, 5) is 8.72. The fraction of sp³-hybridized carbons (Fsp3) is 0.167. The minimum Gasteiger partial charge on any atom is -0.384 e. The van der Waals surface area contributed by atoms with Crippen molar-refractivity contribution in [2.75, 3.05) is 12.8 Å². The number of ether oxygens (including phenoxy) is 1. The van der Waals surface area contributed by atoms with Gasteiger partial charge >= 0.3 is 0 Å². The molecule has 0 spiro atoms. The second-order valence-corrected chi connectivity index (χ2v) is 4.75. The molecule has 0 atom stereocenters. The van der Waals surface area contributed by atoms with Crippen LogP contribution in [0.5, 0.6) is 0 Å². The molecule has 0 saturated heterocycles. The number of rotatable bonds is 4. The molecule has 7 heteroatoms. The molecule has 0 bridgehead atoms. The van der Waals surface area contributed by atoms with Gasteiger partial charge in [-0.3, -0.25) is 0 Å². The molecule has 0 aliphatic carbocycles. The standard InChI is InChI=1S/C12H11F2N3OS/c1-18-6-11-16-10(15)5-12(17-11)19-7-2-3-8(13)9(14)4-7/h2-5H,6H2,1H3,(H2,15,16,17). The van der Waals surface area contributed by atoms with Crippen LogP contribution in [0.2, 0.25) is 0 Å². The van der Waals surface area contributed by atoms with Crippen LogP contribution in [0.15, 0.2) is 34.2 Å². The van der Waals surface area contributed by atoms with Gasteiger partial charge in [0.15, 0.2) is 17.5 Å². The fourth-order valence-corrected chi connectivity index (χ4v) is 2.27. The molecule has 2 N–H and O–H groups in total. The maximum atomic E-state index is 13.1. The zero-order chi connectivity index (χ0) is 13.8. The second kappa shape index (κ2) is 5.94. The first kappa shape index (κ1) is 13.7. The molecule has 4 nitrogen and oxygen atoms in total. The quantitative estimate of drug-likeness (QED) is 0.874. The summed E-state index contributed by atoms with van der Waals surface area (Å²) in [6.07, 6.45) is 0. The molecular weight excluding hydrogens is 272 g/mol. The summed E-state index contributed by atoms with van der Waals surface area (Å²) in [6, 6.07) is 5.20. The lowest BCUT2D eigenvalue weighted by Gasteiger charge is -2.05. The van der Waals surface area contributed by atoms with Gasteiger partial charge in [0.2, 0.25) is 0 Å². The van der Waals surface area contributed by atoms with E-state index >= 15 is 0 Å². The molecule has 0 amide bonds. The smallest absolute Gasteiger partial charge is 0.159 e. The van der Waals surface area contributed by atoms with Crippen molar-refractivity contribution in [1.29, 1.82) is 0 Å². The average molecular weight is 283 g/mol. The molecular formula is C12H11F2N3OS. The van der Waals surface area contributed by atoms with Gasteiger partial charge in [0.05, 0.1) is 0 Å². The number of nitrogens with zero attached hydrogens (tertiary/aromatic N) is 2. The Balaban J connectivity index is 2.24. The van der Waals surface area contributed by atoms with Crippen molar-refractivity contribution in [3.05, 3.63) is 41.7 Å². The minimum atomic E-state index is -0.899. The van der Waals surface area contributed by atoms with E-state index in [2.05, 4.69) is 9.97 Å². The van der Waals surface area contributed by atoms with E-state index in [1.54, 1.807) is 6.07 Å². The van der Waals surface area contributed by atoms with Crippen molar-refractivity contribution in [3.63, 3.8) is 0 Å². The maximum absolute atomic E-state index is 13.1. The lowest BCUT2D eigenvalue weighted by atomic mass is 10.3. The van der Waals surface area contributed by atoms with Gasteiger partial charge in [0, 0.05) is 18.1 Å². The van der Waals surface area contributed by atoms with Crippen LogP contribution in [0.1, 0.15) is 5.82 Å². The summed E-state index contributed by atoms with van der Waals surface area (Å²) >= 11 is 1.17. The molecule has 2 aromatic rings. The van der Waals surface area contributed by atoms with Gasteiger partial charge in [0.1, 0.15) is 17.5 Å². The van der Waals surface area contributed by atoms with Crippen LogP contribution in [0, 0.1) is 11.6 Å². The second-order valence-electron chi connectivity index (χ2n) is 3.66. The molecule has 2 rings (SSSR count). The predicted octanol–water partition coefficient (Wildman–Crippen LogP) is 2.63. The van der Waals surface area contributed by atoms with E-state index in [1.165, 1.54) is 24.9 Å². The van der Waals surface area contributed by atoms with Gasteiger partial charge in [-0.25, -0.2) is 18.7 Å². The third-order valence-corrected chi connectivity index (χ3v) is 3.06. The monoisotopic (exact) mass is 283 g/mol. The van der Waals surface area contributed by atoms with Crippen LogP contribution < -0.4 is 5.73 Å². The topological polar surface area (TPSA) is 61.0 Å². The molecule has 0 aliphatic rings. The molecule has 100 valence electrons. The summed E-state index contributed by atoms with van der Waals surface area (Å²) in [7, 11) is 1.52. The lowest BCUT2D eigenvalue weighted by molar-refractivity contribution is 0.177. The molecule has 1 aromatic heterocycles. The molecule has 1 aromatic carbocycles. The minimum absolute atomic E-state index is 0.233. The molecule has 0 radical (unpaired) electrons. The van der Waals surface area contributed by atoms with Crippen molar-refractivity contribution in [3.8, 4) is 0 Å². The first-order valence-corrected chi connectivity index (χ1v) is 6.15. The lowest BCUT2D eigenvalue weighted by Crippen LogP contribution is -2.01. The Morgan fingerprint density at radius 1 is 1.21 bits per heavy atom. The molecule has 19 heavy (non-hydrogen) atoms. The molecule has 0 aliphatic heterocycles. The van der Waals surface area contributed by atoms with Gasteiger partial charge in [-0.05, 0) is 18.2 Å². The number of hydrogen-bond acceptors (Lipinski definition) is 5. The fourth-order valence-electron chi connectivity index (χ4n) is 1.40. The maximum Gasteiger partial charge on any atom is 0.159 e. The Morgan fingerprint density at radius 3 is 2.68 bits per heavy atom.